The van der Waals surface area contributed by atoms with Crippen molar-refractivity contribution >= 4 is 27.5 Å². The Labute approximate surface area is 242 Å². The molecule has 1 N–H and O–H groups in total. The van der Waals surface area contributed by atoms with Crippen LogP contribution in [0.15, 0.2) is 77.7 Å². The molecule has 0 spiro atoms. The average Bonchev–Trinajstić information content (AvgIpc) is 3.48. The van der Waals surface area contributed by atoms with Gasteiger partial charge in [-0.05, 0) is 74.6 Å². The van der Waals surface area contributed by atoms with Gasteiger partial charge in [0, 0.05) is 12.6 Å². The van der Waals surface area contributed by atoms with Crippen LogP contribution in [0.4, 0.5) is 10.1 Å². The van der Waals surface area contributed by atoms with E-state index in [2.05, 4.69) is 5.32 Å². The van der Waals surface area contributed by atoms with Crippen molar-refractivity contribution in [2.75, 3.05) is 10.8 Å². The minimum atomic E-state index is -4.14. The van der Waals surface area contributed by atoms with Crippen LogP contribution in [0.3, 0.4) is 0 Å². The number of sulfonamides is 1. The van der Waals surface area contributed by atoms with Gasteiger partial charge in [-0.1, -0.05) is 67.8 Å². The van der Waals surface area contributed by atoms with Gasteiger partial charge in [0.2, 0.25) is 11.8 Å². The fraction of sp³-hybridized carbons (Fsp3) is 0.375. The van der Waals surface area contributed by atoms with Crippen LogP contribution in [0.2, 0.25) is 0 Å². The molecule has 1 aliphatic carbocycles. The fourth-order valence-corrected chi connectivity index (χ4v) is 6.62. The minimum absolute atomic E-state index is 0.0201. The number of nitrogens with zero attached hydrogens (tertiary/aromatic N) is 2. The monoisotopic (exact) mass is 579 g/mol. The van der Waals surface area contributed by atoms with E-state index in [9.17, 15) is 22.4 Å². The molecule has 4 rings (SSSR count). The van der Waals surface area contributed by atoms with Gasteiger partial charge < -0.3 is 10.2 Å². The summed E-state index contributed by atoms with van der Waals surface area (Å²) in [5.41, 5.74) is 2.72. The molecule has 1 fully saturated rings. The summed E-state index contributed by atoms with van der Waals surface area (Å²) in [5.74, 6) is -1.25. The van der Waals surface area contributed by atoms with E-state index in [0.717, 1.165) is 41.1 Å². The van der Waals surface area contributed by atoms with Gasteiger partial charge in [0.15, 0.2) is 0 Å². The number of nitrogens with one attached hydrogen (secondary N) is 1. The van der Waals surface area contributed by atoms with Gasteiger partial charge in [0.1, 0.15) is 18.4 Å². The summed E-state index contributed by atoms with van der Waals surface area (Å²) in [4.78, 5) is 28.8. The van der Waals surface area contributed by atoms with Gasteiger partial charge in [-0.3, -0.25) is 13.9 Å². The summed E-state index contributed by atoms with van der Waals surface area (Å²) in [7, 11) is -4.14. The third-order valence-corrected chi connectivity index (χ3v) is 9.44. The molecule has 1 aliphatic rings. The average molecular weight is 580 g/mol. The molecule has 9 heteroatoms. The summed E-state index contributed by atoms with van der Waals surface area (Å²) in [6.07, 6.45) is 4.42. The van der Waals surface area contributed by atoms with E-state index in [1.54, 1.807) is 43.3 Å². The Morgan fingerprint density at radius 3 is 2.24 bits per heavy atom. The third kappa shape index (κ3) is 7.33. The number of carbonyl (C=O) groups excluding carboxylic acids is 2. The lowest BCUT2D eigenvalue weighted by atomic mass is 10.1. The number of anilines is 1. The quantitative estimate of drug-likeness (QED) is 0.331. The number of rotatable bonds is 11. The molecule has 3 aromatic rings. The second-order valence-corrected chi connectivity index (χ2v) is 12.5. The van der Waals surface area contributed by atoms with Gasteiger partial charge in [-0.15, -0.1) is 0 Å². The van der Waals surface area contributed by atoms with Crippen LogP contribution in [0.25, 0.3) is 0 Å². The Hall–Kier alpha value is -3.72. The van der Waals surface area contributed by atoms with E-state index in [-0.39, 0.29) is 23.4 Å². The van der Waals surface area contributed by atoms with E-state index in [0.29, 0.717) is 17.7 Å². The van der Waals surface area contributed by atoms with Crippen molar-refractivity contribution in [3.63, 3.8) is 0 Å². The maximum atomic E-state index is 14.1. The Balaban J connectivity index is 1.71. The first kappa shape index (κ1) is 30.2. The first-order valence-corrected chi connectivity index (χ1v) is 15.6. The van der Waals surface area contributed by atoms with E-state index in [1.807, 2.05) is 26.0 Å². The Bertz CT molecular complexity index is 1450. The van der Waals surface area contributed by atoms with Crippen LogP contribution in [-0.4, -0.2) is 43.8 Å². The predicted molar refractivity (Wildman–Crippen MR) is 158 cm³/mol. The molecular weight excluding hydrogens is 541 g/mol. The molecule has 1 unspecified atom stereocenters. The number of hydrogen-bond donors (Lipinski definition) is 1. The number of hydrogen-bond acceptors (Lipinski definition) is 4. The first-order chi connectivity index (χ1) is 19.6. The fourth-order valence-electron chi connectivity index (χ4n) is 5.16. The largest absolute Gasteiger partial charge is 0.352 e. The van der Waals surface area contributed by atoms with Crippen molar-refractivity contribution in [2.45, 2.75) is 76.4 Å². The second-order valence-electron chi connectivity index (χ2n) is 10.6. The van der Waals surface area contributed by atoms with Crippen molar-refractivity contribution in [2.24, 2.45) is 0 Å². The highest BCUT2D eigenvalue weighted by Crippen LogP contribution is 2.28. The molecule has 2 amide bonds. The molecule has 7 nitrogen and oxygen atoms in total. The van der Waals surface area contributed by atoms with Crippen molar-refractivity contribution in [1.82, 2.24) is 10.2 Å². The SMILES string of the molecule is CCc1ccccc1N(CC(=O)N(Cc1ccc(F)cc1)C(C)C(=O)NC1CCCC1)S(=O)(=O)c1ccc(C)cc1. The topological polar surface area (TPSA) is 86.8 Å². The van der Waals surface area contributed by atoms with Crippen molar-refractivity contribution in [1.29, 1.82) is 0 Å². The summed E-state index contributed by atoms with van der Waals surface area (Å²) in [5, 5.41) is 3.05. The zero-order chi connectivity index (χ0) is 29.6. The molecular formula is C32H38FN3O4S. The van der Waals surface area contributed by atoms with Crippen LogP contribution >= 0.6 is 0 Å². The molecule has 0 bridgehead atoms. The number of para-hydroxylation sites is 1. The standard InChI is InChI=1S/C32H38FN3O4S/c1-4-26-9-5-8-12-30(26)36(41(39,40)29-19-13-23(2)14-20-29)22-31(37)35(21-25-15-17-27(33)18-16-25)24(3)32(38)34-28-10-6-7-11-28/h5,8-9,12-20,24,28H,4,6-7,10-11,21-22H2,1-3H3,(H,34,38). The maximum absolute atomic E-state index is 14.1. The molecule has 41 heavy (non-hydrogen) atoms. The van der Waals surface area contributed by atoms with E-state index in [4.69, 9.17) is 0 Å². The summed E-state index contributed by atoms with van der Waals surface area (Å²) < 4.78 is 42.8. The maximum Gasteiger partial charge on any atom is 0.264 e. The zero-order valence-electron chi connectivity index (χ0n) is 23.8. The number of halogens is 1. The van der Waals surface area contributed by atoms with Crippen LogP contribution in [0.1, 0.15) is 56.2 Å². The number of benzene rings is 3. The van der Waals surface area contributed by atoms with Crippen LogP contribution in [0, 0.1) is 12.7 Å². The molecule has 0 radical (unpaired) electrons. The first-order valence-electron chi connectivity index (χ1n) is 14.1. The molecule has 218 valence electrons. The zero-order valence-corrected chi connectivity index (χ0v) is 24.7. The lowest BCUT2D eigenvalue weighted by Crippen LogP contribution is -2.52. The van der Waals surface area contributed by atoms with E-state index >= 15 is 0 Å². The highest BCUT2D eigenvalue weighted by molar-refractivity contribution is 7.92. The molecule has 0 aromatic heterocycles. The van der Waals surface area contributed by atoms with Crippen molar-refractivity contribution < 1.29 is 22.4 Å². The number of aryl methyl sites for hydroxylation is 2. The van der Waals surface area contributed by atoms with Crippen molar-refractivity contribution in [3.8, 4) is 0 Å². The predicted octanol–water partition coefficient (Wildman–Crippen LogP) is 5.37. The van der Waals surface area contributed by atoms with Gasteiger partial charge in [0.05, 0.1) is 10.6 Å². The van der Waals surface area contributed by atoms with Gasteiger partial charge in [-0.25, -0.2) is 12.8 Å². The highest BCUT2D eigenvalue weighted by atomic mass is 32.2. The van der Waals surface area contributed by atoms with Crippen LogP contribution < -0.4 is 9.62 Å². The van der Waals surface area contributed by atoms with Crippen molar-refractivity contribution in [3.05, 3.63) is 95.3 Å². The Morgan fingerprint density at radius 1 is 0.976 bits per heavy atom. The van der Waals surface area contributed by atoms with Crippen LogP contribution in [0.5, 0.6) is 0 Å². The lowest BCUT2D eigenvalue weighted by molar-refractivity contribution is -0.139. The van der Waals surface area contributed by atoms with Crippen LogP contribution in [-0.2, 0) is 32.6 Å². The molecule has 0 saturated heterocycles. The minimum Gasteiger partial charge on any atom is -0.352 e. The number of carbonyl (C=O) groups is 2. The van der Waals surface area contributed by atoms with E-state index < -0.39 is 34.3 Å². The Kier molecular flexibility index (Phi) is 9.81. The summed E-state index contributed by atoms with van der Waals surface area (Å²) in [6.45, 7) is 4.95. The van der Waals surface area contributed by atoms with Gasteiger partial charge in [-0.2, -0.15) is 0 Å². The second kappa shape index (κ2) is 13.3. The smallest absolute Gasteiger partial charge is 0.264 e. The molecule has 1 atom stereocenters. The Morgan fingerprint density at radius 2 is 1.61 bits per heavy atom. The van der Waals surface area contributed by atoms with Gasteiger partial charge in [0.25, 0.3) is 10.0 Å². The highest BCUT2D eigenvalue weighted by Gasteiger charge is 2.34. The molecule has 3 aromatic carbocycles. The number of amides is 2. The summed E-state index contributed by atoms with van der Waals surface area (Å²) >= 11 is 0. The van der Waals surface area contributed by atoms with Gasteiger partial charge >= 0.3 is 0 Å². The lowest BCUT2D eigenvalue weighted by Gasteiger charge is -2.33. The normalized spacial score (nSPS) is 14.4. The molecule has 0 aliphatic heterocycles. The molecule has 0 heterocycles. The molecule has 1 saturated carbocycles. The third-order valence-electron chi connectivity index (χ3n) is 7.66. The van der Waals surface area contributed by atoms with E-state index in [1.165, 1.54) is 29.2 Å². The summed E-state index contributed by atoms with van der Waals surface area (Å²) in [6, 6.07) is 18.5.